The summed E-state index contributed by atoms with van der Waals surface area (Å²) in [6.07, 6.45) is 0.781. The van der Waals surface area contributed by atoms with Gasteiger partial charge in [0.1, 0.15) is 5.82 Å². The van der Waals surface area contributed by atoms with Gasteiger partial charge in [-0.3, -0.25) is 0 Å². The Morgan fingerprint density at radius 2 is 2.46 bits per heavy atom. The third-order valence-electron chi connectivity index (χ3n) is 1.67. The lowest BCUT2D eigenvalue weighted by Gasteiger charge is -2.11. The van der Waals surface area contributed by atoms with E-state index in [0.717, 1.165) is 0 Å². The van der Waals surface area contributed by atoms with Crippen LogP contribution >= 0.6 is 11.6 Å². The lowest BCUT2D eigenvalue weighted by Crippen LogP contribution is -2.18. The van der Waals surface area contributed by atoms with E-state index in [1.54, 1.807) is 13.1 Å². The highest BCUT2D eigenvalue weighted by atomic mass is 35.5. The predicted octanol–water partition coefficient (Wildman–Crippen LogP) is 0.570. The van der Waals surface area contributed by atoms with Gasteiger partial charge in [0.15, 0.2) is 0 Å². The number of aliphatic hydroxyl groups excluding tert-OH is 1. The van der Waals surface area contributed by atoms with Crippen molar-refractivity contribution in [1.82, 2.24) is 10.3 Å². The average molecular weight is 202 g/mol. The molecule has 1 unspecified atom stereocenters. The molecule has 0 aliphatic carbocycles. The van der Waals surface area contributed by atoms with Crippen LogP contribution in [0.2, 0.25) is 5.02 Å². The summed E-state index contributed by atoms with van der Waals surface area (Å²) >= 11 is 5.71. The van der Waals surface area contributed by atoms with E-state index in [2.05, 4.69) is 10.3 Å². The first-order valence-corrected chi connectivity index (χ1v) is 4.26. The van der Waals surface area contributed by atoms with Crippen LogP contribution in [0.1, 0.15) is 11.7 Å². The second-order valence-electron chi connectivity index (χ2n) is 2.70. The third kappa shape index (κ3) is 2.55. The number of rotatable bonds is 3. The van der Waals surface area contributed by atoms with Crippen molar-refractivity contribution < 1.29 is 5.11 Å². The summed E-state index contributed by atoms with van der Waals surface area (Å²) in [4.78, 5) is 3.84. The zero-order chi connectivity index (χ0) is 9.84. The number of halogens is 1. The number of likely N-dealkylation sites (N-methyl/N-ethyl adjacent to an activating group) is 1. The fraction of sp³-hybridized carbons (Fsp3) is 0.375. The van der Waals surface area contributed by atoms with Gasteiger partial charge in [0.25, 0.3) is 0 Å². The Labute approximate surface area is 81.7 Å². The topological polar surface area (TPSA) is 71.2 Å². The van der Waals surface area contributed by atoms with Gasteiger partial charge in [0, 0.05) is 18.3 Å². The molecule has 1 aromatic rings. The molecule has 0 saturated carbocycles. The van der Waals surface area contributed by atoms with Crippen molar-refractivity contribution >= 4 is 17.4 Å². The summed E-state index contributed by atoms with van der Waals surface area (Å²) in [6.45, 7) is 0.423. The Hall–Kier alpha value is -0.840. The van der Waals surface area contributed by atoms with E-state index < -0.39 is 6.10 Å². The first kappa shape index (κ1) is 10.2. The predicted molar refractivity (Wildman–Crippen MR) is 52.5 cm³/mol. The van der Waals surface area contributed by atoms with Crippen LogP contribution in [-0.4, -0.2) is 23.7 Å². The van der Waals surface area contributed by atoms with E-state index in [1.807, 2.05) is 0 Å². The minimum atomic E-state index is -0.670. The van der Waals surface area contributed by atoms with Crippen LogP contribution in [-0.2, 0) is 0 Å². The maximum absolute atomic E-state index is 9.58. The minimum Gasteiger partial charge on any atom is -0.387 e. The summed E-state index contributed by atoms with van der Waals surface area (Å²) < 4.78 is 0. The van der Waals surface area contributed by atoms with Gasteiger partial charge in [-0.1, -0.05) is 11.6 Å². The molecule has 0 fully saturated rings. The normalized spacial score (nSPS) is 12.8. The van der Waals surface area contributed by atoms with E-state index in [9.17, 15) is 5.11 Å². The summed E-state index contributed by atoms with van der Waals surface area (Å²) in [6, 6.07) is 1.62. The van der Waals surface area contributed by atoms with Crippen LogP contribution in [0, 0.1) is 0 Å². The van der Waals surface area contributed by atoms with E-state index in [4.69, 9.17) is 17.3 Å². The van der Waals surface area contributed by atoms with E-state index in [1.165, 1.54) is 6.20 Å². The molecule has 0 aliphatic heterocycles. The molecule has 1 aromatic heterocycles. The SMILES string of the molecule is CNCC(O)c1cc(Cl)cnc1N. The average Bonchev–Trinajstić information content (AvgIpc) is 2.09. The van der Waals surface area contributed by atoms with Gasteiger partial charge in [0.05, 0.1) is 11.1 Å². The first-order chi connectivity index (χ1) is 6.15. The summed E-state index contributed by atoms with van der Waals surface area (Å²) in [5.41, 5.74) is 6.12. The molecule has 72 valence electrons. The maximum atomic E-state index is 9.58. The van der Waals surface area contributed by atoms with Crippen LogP contribution in [0.5, 0.6) is 0 Å². The van der Waals surface area contributed by atoms with Gasteiger partial charge in [-0.25, -0.2) is 4.98 Å². The number of nitrogens with two attached hydrogens (primary N) is 1. The number of hydrogen-bond acceptors (Lipinski definition) is 4. The van der Waals surface area contributed by atoms with Gasteiger partial charge >= 0.3 is 0 Å². The number of hydrogen-bond donors (Lipinski definition) is 3. The lowest BCUT2D eigenvalue weighted by molar-refractivity contribution is 0.178. The Balaban J connectivity index is 2.91. The quantitative estimate of drug-likeness (QED) is 0.669. The smallest absolute Gasteiger partial charge is 0.129 e. The molecule has 0 aromatic carbocycles. The van der Waals surface area contributed by atoms with Crippen molar-refractivity contribution in [1.29, 1.82) is 0 Å². The van der Waals surface area contributed by atoms with Crippen molar-refractivity contribution in [3.8, 4) is 0 Å². The molecule has 0 amide bonds. The fourth-order valence-corrected chi connectivity index (χ4v) is 1.20. The van der Waals surface area contributed by atoms with Crippen molar-refractivity contribution in [2.75, 3.05) is 19.3 Å². The third-order valence-corrected chi connectivity index (χ3v) is 1.88. The molecule has 1 heterocycles. The molecule has 0 aliphatic rings. The number of pyridine rings is 1. The number of anilines is 1. The van der Waals surface area contributed by atoms with Gasteiger partial charge in [-0.05, 0) is 13.1 Å². The summed E-state index contributed by atoms with van der Waals surface area (Å²) in [5.74, 6) is 0.312. The van der Waals surface area contributed by atoms with Crippen molar-refractivity contribution in [2.24, 2.45) is 0 Å². The molecule has 0 radical (unpaired) electrons. The number of nitrogens with one attached hydrogen (secondary N) is 1. The molecule has 5 heteroatoms. The molecule has 13 heavy (non-hydrogen) atoms. The largest absolute Gasteiger partial charge is 0.387 e. The molecule has 1 atom stereocenters. The molecule has 1 rings (SSSR count). The number of nitrogen functional groups attached to an aromatic ring is 1. The highest BCUT2D eigenvalue weighted by Crippen LogP contribution is 2.21. The van der Waals surface area contributed by atoms with Crippen molar-refractivity contribution in [3.63, 3.8) is 0 Å². The van der Waals surface area contributed by atoms with Gasteiger partial charge in [-0.2, -0.15) is 0 Å². The Bertz CT molecular complexity index is 293. The lowest BCUT2D eigenvalue weighted by atomic mass is 10.1. The minimum absolute atomic E-state index is 0.312. The fourth-order valence-electron chi connectivity index (χ4n) is 1.04. The summed E-state index contributed by atoms with van der Waals surface area (Å²) in [5, 5.41) is 12.9. The van der Waals surface area contributed by atoms with Gasteiger partial charge < -0.3 is 16.2 Å². The number of nitrogens with zero attached hydrogens (tertiary/aromatic N) is 1. The van der Waals surface area contributed by atoms with Crippen LogP contribution in [0.15, 0.2) is 12.3 Å². The second kappa shape index (κ2) is 4.41. The Morgan fingerprint density at radius 3 is 3.08 bits per heavy atom. The van der Waals surface area contributed by atoms with Crippen molar-refractivity contribution in [2.45, 2.75) is 6.10 Å². The molecule has 0 saturated heterocycles. The first-order valence-electron chi connectivity index (χ1n) is 3.88. The number of aromatic nitrogens is 1. The molecule has 0 bridgehead atoms. The van der Waals surface area contributed by atoms with E-state index in [0.29, 0.717) is 22.9 Å². The molecular weight excluding hydrogens is 190 g/mol. The molecule has 0 spiro atoms. The Kier molecular flexibility index (Phi) is 3.48. The van der Waals surface area contributed by atoms with Crippen LogP contribution < -0.4 is 11.1 Å². The highest BCUT2D eigenvalue weighted by Gasteiger charge is 2.11. The van der Waals surface area contributed by atoms with Crippen LogP contribution in [0.3, 0.4) is 0 Å². The van der Waals surface area contributed by atoms with E-state index >= 15 is 0 Å². The standard InChI is InChI=1S/C8H12ClN3O/c1-11-4-7(13)6-2-5(9)3-12-8(6)10/h2-3,7,11,13H,4H2,1H3,(H2,10,12). The monoisotopic (exact) mass is 201 g/mol. The van der Waals surface area contributed by atoms with Crippen LogP contribution in [0.4, 0.5) is 5.82 Å². The number of aliphatic hydroxyl groups is 1. The summed E-state index contributed by atoms with van der Waals surface area (Å²) in [7, 11) is 1.75. The molecule has 4 N–H and O–H groups in total. The Morgan fingerprint density at radius 1 is 1.77 bits per heavy atom. The highest BCUT2D eigenvalue weighted by molar-refractivity contribution is 6.30. The zero-order valence-corrected chi connectivity index (χ0v) is 8.04. The van der Waals surface area contributed by atoms with E-state index in [-0.39, 0.29) is 0 Å². The second-order valence-corrected chi connectivity index (χ2v) is 3.14. The molecular formula is C8H12ClN3O. The zero-order valence-electron chi connectivity index (χ0n) is 7.29. The van der Waals surface area contributed by atoms with Crippen LogP contribution in [0.25, 0.3) is 0 Å². The molecule has 4 nitrogen and oxygen atoms in total. The maximum Gasteiger partial charge on any atom is 0.129 e. The van der Waals surface area contributed by atoms with Crippen molar-refractivity contribution in [3.05, 3.63) is 22.8 Å². The van der Waals surface area contributed by atoms with Gasteiger partial charge in [0.2, 0.25) is 0 Å². The van der Waals surface area contributed by atoms with Gasteiger partial charge in [-0.15, -0.1) is 0 Å².